The first-order chi connectivity index (χ1) is 9.28. The zero-order valence-corrected chi connectivity index (χ0v) is 12.3. The summed E-state index contributed by atoms with van der Waals surface area (Å²) in [4.78, 5) is 3.99. The van der Waals surface area contributed by atoms with Crippen LogP contribution in [0.5, 0.6) is 0 Å². The van der Waals surface area contributed by atoms with Crippen molar-refractivity contribution in [3.63, 3.8) is 0 Å². The Morgan fingerprint density at radius 3 is 3.05 bits per heavy atom. The minimum absolute atomic E-state index is 0.256. The Morgan fingerprint density at radius 1 is 1.37 bits per heavy atom. The van der Waals surface area contributed by atoms with Crippen molar-refractivity contribution < 1.29 is 0 Å². The summed E-state index contributed by atoms with van der Waals surface area (Å²) in [5.41, 5.74) is 8.67. The van der Waals surface area contributed by atoms with Crippen molar-refractivity contribution in [2.24, 2.45) is 5.73 Å². The summed E-state index contributed by atoms with van der Waals surface area (Å²) in [5, 5.41) is 2.97. The molecule has 0 spiro atoms. The lowest BCUT2D eigenvalue weighted by Crippen LogP contribution is -2.37. The van der Waals surface area contributed by atoms with E-state index in [-0.39, 0.29) is 6.04 Å². The molecule has 0 amide bonds. The summed E-state index contributed by atoms with van der Waals surface area (Å²) in [6.07, 6.45) is 1.13. The van der Waals surface area contributed by atoms with E-state index < -0.39 is 0 Å². The molecule has 1 aliphatic heterocycles. The molecule has 2 N–H and O–H groups in total. The van der Waals surface area contributed by atoms with Gasteiger partial charge in [-0.1, -0.05) is 23.7 Å². The number of fused-ring (bicyclic) bond motifs is 1. The zero-order chi connectivity index (χ0) is 13.2. The molecule has 19 heavy (non-hydrogen) atoms. The van der Waals surface area contributed by atoms with Crippen molar-refractivity contribution in [1.82, 2.24) is 4.90 Å². The number of nitrogens with two attached hydrogens (primary N) is 1. The van der Waals surface area contributed by atoms with Gasteiger partial charge in [0.05, 0.1) is 0 Å². The molecular weight excluding hydrogens is 276 g/mol. The lowest BCUT2D eigenvalue weighted by atomic mass is 10.0. The molecule has 2 aromatic rings. The topological polar surface area (TPSA) is 29.3 Å². The average molecular weight is 293 g/mol. The van der Waals surface area contributed by atoms with E-state index in [9.17, 15) is 0 Å². The monoisotopic (exact) mass is 292 g/mol. The fourth-order valence-corrected chi connectivity index (χ4v) is 3.83. The van der Waals surface area contributed by atoms with Crippen LogP contribution in [0.4, 0.5) is 0 Å². The highest BCUT2D eigenvalue weighted by Crippen LogP contribution is 2.30. The Morgan fingerprint density at radius 2 is 2.26 bits per heavy atom. The highest BCUT2D eigenvalue weighted by Gasteiger charge is 2.24. The molecular formula is C15H17ClN2S. The van der Waals surface area contributed by atoms with Gasteiger partial charge in [0.15, 0.2) is 0 Å². The van der Waals surface area contributed by atoms with E-state index in [1.165, 1.54) is 16.0 Å². The fourth-order valence-electron chi connectivity index (χ4n) is 2.75. The van der Waals surface area contributed by atoms with Gasteiger partial charge >= 0.3 is 0 Å². The first kappa shape index (κ1) is 13.1. The lowest BCUT2D eigenvalue weighted by molar-refractivity contribution is 0.185. The van der Waals surface area contributed by atoms with Gasteiger partial charge in [-0.15, -0.1) is 11.3 Å². The Labute approximate surface area is 122 Å². The first-order valence-electron chi connectivity index (χ1n) is 6.53. The van der Waals surface area contributed by atoms with Gasteiger partial charge in [-0.3, -0.25) is 4.90 Å². The van der Waals surface area contributed by atoms with Crippen LogP contribution in [0.25, 0.3) is 0 Å². The number of rotatable bonds is 3. The molecule has 1 unspecified atom stereocenters. The average Bonchev–Trinajstić information content (AvgIpc) is 2.87. The summed E-state index contributed by atoms with van der Waals surface area (Å²) in [6.45, 7) is 2.69. The smallest absolute Gasteiger partial charge is 0.0474 e. The van der Waals surface area contributed by atoms with Crippen molar-refractivity contribution in [3.05, 3.63) is 56.7 Å². The van der Waals surface area contributed by atoms with Gasteiger partial charge in [0.25, 0.3) is 0 Å². The Kier molecular flexibility index (Phi) is 3.89. The SMILES string of the molecule is NCC(c1cccc(Cl)c1)N1CCc2sccc2C1. The highest BCUT2D eigenvalue weighted by molar-refractivity contribution is 7.10. The van der Waals surface area contributed by atoms with Crippen molar-refractivity contribution in [2.75, 3.05) is 13.1 Å². The van der Waals surface area contributed by atoms with E-state index in [2.05, 4.69) is 22.4 Å². The molecule has 0 fully saturated rings. The first-order valence-corrected chi connectivity index (χ1v) is 7.78. The van der Waals surface area contributed by atoms with Crippen molar-refractivity contribution >= 4 is 22.9 Å². The van der Waals surface area contributed by atoms with Gasteiger partial charge in [0.1, 0.15) is 0 Å². The molecule has 1 aromatic carbocycles. The van der Waals surface area contributed by atoms with Crippen molar-refractivity contribution in [2.45, 2.75) is 19.0 Å². The summed E-state index contributed by atoms with van der Waals surface area (Å²) >= 11 is 7.96. The Hall–Kier alpha value is -0.870. The van der Waals surface area contributed by atoms with E-state index in [1.807, 2.05) is 29.5 Å². The highest BCUT2D eigenvalue weighted by atomic mass is 35.5. The summed E-state index contributed by atoms with van der Waals surface area (Å²) < 4.78 is 0. The third-order valence-corrected chi connectivity index (χ3v) is 4.99. The van der Waals surface area contributed by atoms with Gasteiger partial charge < -0.3 is 5.73 Å². The van der Waals surface area contributed by atoms with Crippen molar-refractivity contribution in [3.8, 4) is 0 Å². The predicted octanol–water partition coefficient (Wildman–Crippen LogP) is 3.46. The van der Waals surface area contributed by atoms with Crippen LogP contribution in [0.15, 0.2) is 35.7 Å². The summed E-state index contributed by atoms with van der Waals surface area (Å²) in [6, 6.07) is 10.5. The quantitative estimate of drug-likeness (QED) is 0.939. The van der Waals surface area contributed by atoms with Gasteiger partial charge in [0, 0.05) is 35.6 Å². The standard InChI is InChI=1S/C15H17ClN2S/c16-13-3-1-2-11(8-13)14(9-17)18-6-4-15-12(10-18)5-7-19-15/h1-3,5,7-8,14H,4,6,9-10,17H2. The minimum Gasteiger partial charge on any atom is -0.329 e. The van der Waals surface area contributed by atoms with E-state index in [4.69, 9.17) is 17.3 Å². The van der Waals surface area contributed by atoms with E-state index in [0.29, 0.717) is 6.54 Å². The maximum absolute atomic E-state index is 6.09. The second-order valence-corrected chi connectivity index (χ2v) is 6.33. The van der Waals surface area contributed by atoms with Crippen molar-refractivity contribution in [1.29, 1.82) is 0 Å². The molecule has 4 heteroatoms. The number of thiophene rings is 1. The number of benzene rings is 1. The molecule has 0 saturated heterocycles. The summed E-state index contributed by atoms with van der Waals surface area (Å²) in [5.74, 6) is 0. The number of hydrogen-bond donors (Lipinski definition) is 1. The molecule has 1 atom stereocenters. The molecule has 0 aliphatic carbocycles. The molecule has 2 nitrogen and oxygen atoms in total. The van der Waals surface area contributed by atoms with Gasteiger partial charge in [-0.25, -0.2) is 0 Å². The molecule has 3 rings (SSSR count). The normalized spacial score (nSPS) is 17.2. The molecule has 2 heterocycles. The Balaban J connectivity index is 1.84. The zero-order valence-electron chi connectivity index (χ0n) is 10.7. The molecule has 1 aromatic heterocycles. The van der Waals surface area contributed by atoms with Crippen LogP contribution in [0, 0.1) is 0 Å². The minimum atomic E-state index is 0.256. The van der Waals surface area contributed by atoms with E-state index >= 15 is 0 Å². The third kappa shape index (κ3) is 2.70. The molecule has 100 valence electrons. The van der Waals surface area contributed by atoms with Gasteiger partial charge in [0.2, 0.25) is 0 Å². The van der Waals surface area contributed by atoms with Crippen LogP contribution in [0.2, 0.25) is 5.02 Å². The van der Waals surface area contributed by atoms with Crippen LogP contribution in [-0.2, 0) is 13.0 Å². The molecule has 1 aliphatic rings. The number of nitrogens with zero attached hydrogens (tertiary/aromatic N) is 1. The number of hydrogen-bond acceptors (Lipinski definition) is 3. The second-order valence-electron chi connectivity index (χ2n) is 4.90. The van der Waals surface area contributed by atoms with E-state index in [0.717, 1.165) is 24.5 Å². The fraction of sp³-hybridized carbons (Fsp3) is 0.333. The summed E-state index contributed by atoms with van der Waals surface area (Å²) in [7, 11) is 0. The largest absolute Gasteiger partial charge is 0.329 e. The third-order valence-electron chi connectivity index (χ3n) is 3.73. The molecule has 0 saturated carbocycles. The molecule has 0 radical (unpaired) electrons. The van der Waals surface area contributed by atoms with Crippen LogP contribution >= 0.6 is 22.9 Å². The molecule has 0 bridgehead atoms. The predicted molar refractivity (Wildman–Crippen MR) is 81.7 cm³/mol. The number of halogens is 1. The van der Waals surface area contributed by atoms with Crippen LogP contribution in [-0.4, -0.2) is 18.0 Å². The lowest BCUT2D eigenvalue weighted by Gasteiger charge is -2.34. The second kappa shape index (κ2) is 5.63. The van der Waals surface area contributed by atoms with E-state index in [1.54, 1.807) is 0 Å². The van der Waals surface area contributed by atoms with Crippen LogP contribution in [0.3, 0.4) is 0 Å². The van der Waals surface area contributed by atoms with Crippen LogP contribution in [0.1, 0.15) is 22.0 Å². The van der Waals surface area contributed by atoms with Gasteiger partial charge in [-0.2, -0.15) is 0 Å². The van der Waals surface area contributed by atoms with Crippen LogP contribution < -0.4 is 5.73 Å². The Bertz CT molecular complexity index is 567. The van der Waals surface area contributed by atoms with Gasteiger partial charge in [-0.05, 0) is 41.1 Å². The maximum atomic E-state index is 6.09. The maximum Gasteiger partial charge on any atom is 0.0474 e.